The molecule has 2 aliphatic heterocycles. The number of nitrogens with one attached hydrogen (secondary N) is 1. The van der Waals surface area contributed by atoms with Crippen LogP contribution in [0.5, 0.6) is 0 Å². The molecule has 0 unspecified atom stereocenters. The van der Waals surface area contributed by atoms with Gasteiger partial charge in [0.15, 0.2) is 0 Å². The summed E-state index contributed by atoms with van der Waals surface area (Å²) in [4.78, 5) is 4.05. The average Bonchev–Trinajstić information content (AvgIpc) is 3.14. The molecule has 33 heavy (non-hydrogen) atoms. The molecule has 2 fully saturated rings. The van der Waals surface area contributed by atoms with Crippen LogP contribution in [0.4, 0.5) is 14.5 Å². The van der Waals surface area contributed by atoms with Crippen LogP contribution in [0.25, 0.3) is 0 Å². The molecule has 0 aliphatic carbocycles. The number of rotatable bonds is 7. The summed E-state index contributed by atoms with van der Waals surface area (Å²) in [6.45, 7) is 1.90. The summed E-state index contributed by atoms with van der Waals surface area (Å²) in [6.07, 6.45) is -2.51. The van der Waals surface area contributed by atoms with Crippen molar-refractivity contribution >= 4 is 15.7 Å². The summed E-state index contributed by atoms with van der Waals surface area (Å²) >= 11 is 0. The number of sulfonamides is 1. The predicted molar refractivity (Wildman–Crippen MR) is 117 cm³/mol. The van der Waals surface area contributed by atoms with E-state index in [-0.39, 0.29) is 17.3 Å². The van der Waals surface area contributed by atoms with Crippen molar-refractivity contribution in [1.82, 2.24) is 9.62 Å². The molecule has 2 saturated heterocycles. The standard InChI is InChI=1S/C22H27F2N3O5S/c23-15-1-5-17(6-2-15)26-9-11-27(12-10-26)21-19(32-20(14-28)22(21)29)13-25-33(30,31)18-7-3-16(24)4-8-18/h1-8,19-22,25,28-29H,9-14H2/t19-,20+,21+,22-/m1/s1. The second kappa shape index (κ2) is 10.00. The van der Waals surface area contributed by atoms with Crippen molar-refractivity contribution in [3.63, 3.8) is 0 Å². The minimum Gasteiger partial charge on any atom is -0.394 e. The first-order chi connectivity index (χ1) is 15.8. The summed E-state index contributed by atoms with van der Waals surface area (Å²) in [7, 11) is -3.91. The number of piperazine rings is 1. The van der Waals surface area contributed by atoms with Crippen LogP contribution < -0.4 is 9.62 Å². The lowest BCUT2D eigenvalue weighted by Crippen LogP contribution is -2.57. The van der Waals surface area contributed by atoms with E-state index in [0.717, 1.165) is 17.8 Å². The molecular formula is C22H27F2N3O5S. The molecule has 0 amide bonds. The Hall–Kier alpha value is -2.15. The van der Waals surface area contributed by atoms with Gasteiger partial charge in [-0.25, -0.2) is 21.9 Å². The van der Waals surface area contributed by atoms with Crippen LogP contribution >= 0.6 is 0 Å². The first-order valence-corrected chi connectivity index (χ1v) is 12.2. The Labute approximate surface area is 191 Å². The number of aliphatic hydroxyl groups is 2. The van der Waals surface area contributed by atoms with E-state index in [1.54, 1.807) is 12.1 Å². The third kappa shape index (κ3) is 5.34. The third-order valence-electron chi connectivity index (χ3n) is 6.17. The predicted octanol–water partition coefficient (Wildman–Crippen LogP) is 0.555. The van der Waals surface area contributed by atoms with Gasteiger partial charge in [0, 0.05) is 38.4 Å². The van der Waals surface area contributed by atoms with Gasteiger partial charge in [-0.1, -0.05) is 0 Å². The SMILES string of the molecule is O=S(=O)(NC[C@H]1O[C@@H](CO)[C@@H](O)[C@H]1N1CCN(c2ccc(F)cc2)CC1)c1ccc(F)cc1. The second-order valence-electron chi connectivity index (χ2n) is 8.18. The number of hydrogen-bond acceptors (Lipinski definition) is 7. The molecule has 8 nitrogen and oxygen atoms in total. The van der Waals surface area contributed by atoms with E-state index < -0.39 is 46.8 Å². The first kappa shape index (κ1) is 24.0. The van der Waals surface area contributed by atoms with Gasteiger partial charge >= 0.3 is 0 Å². The number of hydrogen-bond donors (Lipinski definition) is 3. The van der Waals surface area contributed by atoms with Crippen molar-refractivity contribution in [2.75, 3.05) is 44.2 Å². The largest absolute Gasteiger partial charge is 0.394 e. The quantitative estimate of drug-likeness (QED) is 0.529. The van der Waals surface area contributed by atoms with Crippen molar-refractivity contribution in [2.45, 2.75) is 29.2 Å². The van der Waals surface area contributed by atoms with Crippen LogP contribution in [-0.2, 0) is 14.8 Å². The molecule has 2 aromatic carbocycles. The Morgan fingerprint density at radius 1 is 0.939 bits per heavy atom. The van der Waals surface area contributed by atoms with Crippen molar-refractivity contribution < 1.29 is 32.1 Å². The van der Waals surface area contributed by atoms with Gasteiger partial charge in [-0.15, -0.1) is 0 Å². The van der Waals surface area contributed by atoms with Gasteiger partial charge in [0.2, 0.25) is 10.0 Å². The zero-order valence-electron chi connectivity index (χ0n) is 17.8. The van der Waals surface area contributed by atoms with Crippen LogP contribution in [0.15, 0.2) is 53.4 Å². The van der Waals surface area contributed by atoms with Crippen LogP contribution in [-0.4, -0.2) is 87.2 Å². The lowest BCUT2D eigenvalue weighted by molar-refractivity contribution is -0.0201. The van der Waals surface area contributed by atoms with E-state index in [4.69, 9.17) is 4.74 Å². The Kier molecular flexibility index (Phi) is 7.27. The number of nitrogens with zero attached hydrogens (tertiary/aromatic N) is 2. The molecule has 0 saturated carbocycles. The highest BCUT2D eigenvalue weighted by Crippen LogP contribution is 2.28. The van der Waals surface area contributed by atoms with E-state index in [9.17, 15) is 27.4 Å². The van der Waals surface area contributed by atoms with Crippen LogP contribution in [0.2, 0.25) is 0 Å². The van der Waals surface area contributed by atoms with E-state index in [2.05, 4.69) is 9.62 Å². The van der Waals surface area contributed by atoms with Crippen molar-refractivity contribution in [2.24, 2.45) is 0 Å². The molecule has 4 rings (SSSR count). The van der Waals surface area contributed by atoms with E-state index in [0.29, 0.717) is 26.2 Å². The zero-order valence-corrected chi connectivity index (χ0v) is 18.7. The number of aliphatic hydroxyl groups excluding tert-OH is 2. The molecule has 0 bridgehead atoms. The lowest BCUT2D eigenvalue weighted by Gasteiger charge is -2.41. The van der Waals surface area contributed by atoms with E-state index in [1.807, 2.05) is 4.90 Å². The molecule has 180 valence electrons. The van der Waals surface area contributed by atoms with Gasteiger partial charge in [-0.05, 0) is 48.5 Å². The molecular weight excluding hydrogens is 456 g/mol. The summed E-state index contributed by atoms with van der Waals surface area (Å²) in [5.74, 6) is -0.841. The summed E-state index contributed by atoms with van der Waals surface area (Å²) in [6, 6.07) is 10.2. The fourth-order valence-corrected chi connectivity index (χ4v) is 5.46. The van der Waals surface area contributed by atoms with E-state index in [1.165, 1.54) is 24.3 Å². The first-order valence-electron chi connectivity index (χ1n) is 10.7. The fraction of sp³-hybridized carbons (Fsp3) is 0.455. The zero-order chi connectivity index (χ0) is 23.6. The molecule has 0 spiro atoms. The van der Waals surface area contributed by atoms with Gasteiger partial charge in [-0.3, -0.25) is 4.90 Å². The smallest absolute Gasteiger partial charge is 0.240 e. The minimum absolute atomic E-state index is 0.0781. The van der Waals surface area contributed by atoms with Gasteiger partial charge < -0.3 is 19.8 Å². The monoisotopic (exact) mass is 483 g/mol. The van der Waals surface area contributed by atoms with E-state index >= 15 is 0 Å². The maximum Gasteiger partial charge on any atom is 0.240 e. The second-order valence-corrected chi connectivity index (χ2v) is 9.95. The van der Waals surface area contributed by atoms with Crippen LogP contribution in [0.3, 0.4) is 0 Å². The molecule has 11 heteroatoms. The van der Waals surface area contributed by atoms with Gasteiger partial charge in [0.25, 0.3) is 0 Å². The highest BCUT2D eigenvalue weighted by molar-refractivity contribution is 7.89. The lowest BCUT2D eigenvalue weighted by atomic mass is 10.0. The molecule has 2 heterocycles. The molecule has 2 aliphatic rings. The van der Waals surface area contributed by atoms with Gasteiger partial charge in [0.1, 0.15) is 23.8 Å². The summed E-state index contributed by atoms with van der Waals surface area (Å²) < 4.78 is 59.8. The third-order valence-corrected chi connectivity index (χ3v) is 7.61. The molecule has 0 aromatic heterocycles. The highest BCUT2D eigenvalue weighted by atomic mass is 32.2. The Balaban J connectivity index is 1.42. The number of benzene rings is 2. The van der Waals surface area contributed by atoms with Crippen molar-refractivity contribution in [1.29, 1.82) is 0 Å². The number of anilines is 1. The fourth-order valence-electron chi connectivity index (χ4n) is 4.42. The number of halogens is 2. The van der Waals surface area contributed by atoms with Gasteiger partial charge in [0.05, 0.1) is 23.6 Å². The topological polar surface area (TPSA) is 102 Å². The summed E-state index contributed by atoms with van der Waals surface area (Å²) in [5, 5.41) is 20.4. The molecule has 4 atom stereocenters. The van der Waals surface area contributed by atoms with Crippen LogP contribution in [0.1, 0.15) is 0 Å². The highest BCUT2D eigenvalue weighted by Gasteiger charge is 2.47. The number of ether oxygens (including phenoxy) is 1. The Bertz CT molecular complexity index is 1030. The Morgan fingerprint density at radius 3 is 2.09 bits per heavy atom. The molecule has 3 N–H and O–H groups in total. The molecule has 2 aromatic rings. The minimum atomic E-state index is -3.91. The maximum absolute atomic E-state index is 13.2. The van der Waals surface area contributed by atoms with Crippen LogP contribution in [0, 0.1) is 11.6 Å². The summed E-state index contributed by atoms with van der Waals surface area (Å²) in [5.41, 5.74) is 0.899. The Morgan fingerprint density at radius 2 is 1.52 bits per heavy atom. The molecule has 0 radical (unpaired) electrons. The normalized spacial score (nSPS) is 26.6. The van der Waals surface area contributed by atoms with Gasteiger partial charge in [-0.2, -0.15) is 0 Å². The van der Waals surface area contributed by atoms with Crippen molar-refractivity contribution in [3.8, 4) is 0 Å². The average molecular weight is 484 g/mol. The van der Waals surface area contributed by atoms with Crippen molar-refractivity contribution in [3.05, 3.63) is 60.2 Å². The maximum atomic E-state index is 13.2.